The third kappa shape index (κ3) is 3.69. The minimum Gasteiger partial charge on any atom is -0.478 e. The van der Waals surface area contributed by atoms with Crippen molar-refractivity contribution in [3.63, 3.8) is 0 Å². The summed E-state index contributed by atoms with van der Waals surface area (Å²) in [7, 11) is 0. The Hall–Kier alpha value is -2.11. The highest BCUT2D eigenvalue weighted by Crippen LogP contribution is 2.22. The second-order valence-electron chi connectivity index (χ2n) is 5.08. The van der Waals surface area contributed by atoms with Gasteiger partial charge in [0, 0.05) is 32.8 Å². The third-order valence-corrected chi connectivity index (χ3v) is 3.57. The van der Waals surface area contributed by atoms with E-state index in [0.29, 0.717) is 18.3 Å². The van der Waals surface area contributed by atoms with Gasteiger partial charge in [-0.3, -0.25) is 4.79 Å². The molecule has 6 nitrogen and oxygen atoms in total. The van der Waals surface area contributed by atoms with Gasteiger partial charge in [-0.25, -0.2) is 9.78 Å². The molecule has 0 radical (unpaired) electrons. The van der Waals surface area contributed by atoms with E-state index in [4.69, 9.17) is 5.11 Å². The minimum absolute atomic E-state index is 0.00301. The third-order valence-electron chi connectivity index (χ3n) is 3.57. The van der Waals surface area contributed by atoms with Crippen molar-refractivity contribution in [3.05, 3.63) is 23.9 Å². The molecular formula is C14H19N3O3. The summed E-state index contributed by atoms with van der Waals surface area (Å²) in [6, 6.07) is 3.10. The highest BCUT2D eigenvalue weighted by molar-refractivity contribution is 5.88. The summed E-state index contributed by atoms with van der Waals surface area (Å²) < 4.78 is 0. The molecule has 108 valence electrons. The second kappa shape index (κ2) is 6.36. The van der Waals surface area contributed by atoms with Crippen LogP contribution in [0.3, 0.4) is 0 Å². The molecule has 0 atom stereocenters. The first kappa shape index (κ1) is 14.3. The number of rotatable bonds is 4. The van der Waals surface area contributed by atoms with E-state index in [9.17, 15) is 9.59 Å². The molecule has 6 heteroatoms. The van der Waals surface area contributed by atoms with Crippen molar-refractivity contribution in [3.8, 4) is 0 Å². The lowest BCUT2D eigenvalue weighted by Crippen LogP contribution is -2.38. The van der Waals surface area contributed by atoms with E-state index in [1.54, 1.807) is 6.07 Å². The molecule has 0 unspecified atom stereocenters. The standard InChI is InChI=1S/C14H19N3O3/c1-10(18)16-9-11-3-6-17(7-4-11)13-8-12(14(19)20)2-5-15-13/h2,5,8,11H,3-4,6-7,9H2,1H3,(H,16,18)(H,19,20). The number of nitrogens with one attached hydrogen (secondary N) is 1. The number of carboxylic acids is 1. The number of piperidine rings is 1. The number of pyridine rings is 1. The molecule has 0 spiro atoms. The highest BCUT2D eigenvalue weighted by Gasteiger charge is 2.20. The fourth-order valence-corrected chi connectivity index (χ4v) is 2.38. The number of aromatic nitrogens is 1. The van der Waals surface area contributed by atoms with Crippen LogP contribution in [-0.2, 0) is 4.79 Å². The molecule has 1 aliphatic rings. The fourth-order valence-electron chi connectivity index (χ4n) is 2.38. The molecule has 0 aromatic carbocycles. The highest BCUT2D eigenvalue weighted by atomic mass is 16.4. The zero-order chi connectivity index (χ0) is 14.5. The van der Waals surface area contributed by atoms with Gasteiger partial charge in [0.05, 0.1) is 5.56 Å². The number of hydrogen-bond donors (Lipinski definition) is 2. The topological polar surface area (TPSA) is 82.5 Å². The lowest BCUT2D eigenvalue weighted by atomic mass is 9.96. The van der Waals surface area contributed by atoms with Crippen molar-refractivity contribution in [1.29, 1.82) is 0 Å². The number of carbonyl (C=O) groups excluding carboxylic acids is 1. The van der Waals surface area contributed by atoms with Gasteiger partial charge < -0.3 is 15.3 Å². The van der Waals surface area contributed by atoms with Gasteiger partial charge in [0.2, 0.25) is 5.91 Å². The number of nitrogens with zero attached hydrogens (tertiary/aromatic N) is 2. The van der Waals surface area contributed by atoms with Crippen molar-refractivity contribution in [1.82, 2.24) is 10.3 Å². The number of carboxylic acid groups (broad SMARTS) is 1. The number of carbonyl (C=O) groups is 2. The van der Waals surface area contributed by atoms with Gasteiger partial charge in [-0.1, -0.05) is 0 Å². The monoisotopic (exact) mass is 277 g/mol. The average molecular weight is 277 g/mol. The van der Waals surface area contributed by atoms with E-state index in [0.717, 1.165) is 25.9 Å². The van der Waals surface area contributed by atoms with Crippen LogP contribution in [0.4, 0.5) is 5.82 Å². The van der Waals surface area contributed by atoms with Gasteiger partial charge in [-0.05, 0) is 30.9 Å². The molecule has 1 aromatic heterocycles. The lowest BCUT2D eigenvalue weighted by molar-refractivity contribution is -0.119. The Morgan fingerprint density at radius 2 is 2.15 bits per heavy atom. The number of amides is 1. The van der Waals surface area contributed by atoms with Crippen LogP contribution in [0.5, 0.6) is 0 Å². The van der Waals surface area contributed by atoms with Gasteiger partial charge in [0.25, 0.3) is 0 Å². The van der Waals surface area contributed by atoms with Crippen LogP contribution in [0, 0.1) is 5.92 Å². The summed E-state index contributed by atoms with van der Waals surface area (Å²) in [6.07, 6.45) is 3.47. The van der Waals surface area contributed by atoms with Crippen LogP contribution >= 0.6 is 0 Å². The molecule has 2 rings (SSSR count). The molecule has 0 bridgehead atoms. The van der Waals surface area contributed by atoms with Crippen LogP contribution in [0.2, 0.25) is 0 Å². The molecule has 0 saturated carbocycles. The summed E-state index contributed by atoms with van der Waals surface area (Å²) in [6.45, 7) is 3.91. The van der Waals surface area contributed by atoms with Gasteiger partial charge in [-0.2, -0.15) is 0 Å². The summed E-state index contributed by atoms with van der Waals surface area (Å²) in [5.74, 6) is 0.262. The quantitative estimate of drug-likeness (QED) is 0.862. The van der Waals surface area contributed by atoms with Crippen molar-refractivity contribution in [2.75, 3.05) is 24.5 Å². The average Bonchev–Trinajstić information content (AvgIpc) is 2.46. The van der Waals surface area contributed by atoms with Gasteiger partial charge >= 0.3 is 5.97 Å². The zero-order valence-corrected chi connectivity index (χ0v) is 11.5. The van der Waals surface area contributed by atoms with E-state index in [2.05, 4.69) is 15.2 Å². The number of anilines is 1. The number of aromatic carboxylic acids is 1. The van der Waals surface area contributed by atoms with Crippen LogP contribution in [0.1, 0.15) is 30.1 Å². The molecule has 1 aliphatic heterocycles. The Kier molecular flexibility index (Phi) is 4.55. The minimum atomic E-state index is -0.936. The fraction of sp³-hybridized carbons (Fsp3) is 0.500. The van der Waals surface area contributed by atoms with Crippen molar-refractivity contribution in [2.45, 2.75) is 19.8 Å². The number of hydrogen-bond acceptors (Lipinski definition) is 4. The Balaban J connectivity index is 1.92. The van der Waals surface area contributed by atoms with Gasteiger partial charge in [0.1, 0.15) is 5.82 Å². The van der Waals surface area contributed by atoms with E-state index < -0.39 is 5.97 Å². The maximum atomic E-state index is 11.0. The normalized spacial score (nSPS) is 15.9. The molecule has 1 aromatic rings. The Bertz CT molecular complexity index is 496. The van der Waals surface area contributed by atoms with Gasteiger partial charge in [-0.15, -0.1) is 0 Å². The second-order valence-corrected chi connectivity index (χ2v) is 5.08. The summed E-state index contributed by atoms with van der Waals surface area (Å²) in [5.41, 5.74) is 0.260. The largest absolute Gasteiger partial charge is 0.478 e. The van der Waals surface area contributed by atoms with Crippen LogP contribution < -0.4 is 10.2 Å². The Labute approximate surface area is 117 Å². The van der Waals surface area contributed by atoms with Crippen LogP contribution in [-0.4, -0.2) is 41.6 Å². The Morgan fingerprint density at radius 1 is 1.45 bits per heavy atom. The predicted molar refractivity (Wildman–Crippen MR) is 74.8 cm³/mol. The van der Waals surface area contributed by atoms with Crippen molar-refractivity contribution in [2.24, 2.45) is 5.92 Å². The Morgan fingerprint density at radius 3 is 2.75 bits per heavy atom. The molecular weight excluding hydrogens is 258 g/mol. The van der Waals surface area contributed by atoms with E-state index in [1.165, 1.54) is 19.2 Å². The lowest BCUT2D eigenvalue weighted by Gasteiger charge is -2.32. The smallest absolute Gasteiger partial charge is 0.335 e. The van der Waals surface area contributed by atoms with Gasteiger partial charge in [0.15, 0.2) is 0 Å². The summed E-state index contributed by atoms with van der Waals surface area (Å²) >= 11 is 0. The molecule has 0 aliphatic carbocycles. The van der Waals surface area contributed by atoms with Crippen LogP contribution in [0.15, 0.2) is 18.3 Å². The maximum absolute atomic E-state index is 11.0. The predicted octanol–water partition coefficient (Wildman–Crippen LogP) is 1.13. The van der Waals surface area contributed by atoms with E-state index in [-0.39, 0.29) is 11.5 Å². The van der Waals surface area contributed by atoms with Crippen molar-refractivity contribution < 1.29 is 14.7 Å². The first-order valence-corrected chi connectivity index (χ1v) is 6.75. The molecule has 1 saturated heterocycles. The van der Waals surface area contributed by atoms with Crippen LogP contribution in [0.25, 0.3) is 0 Å². The molecule has 2 N–H and O–H groups in total. The zero-order valence-electron chi connectivity index (χ0n) is 11.5. The maximum Gasteiger partial charge on any atom is 0.335 e. The van der Waals surface area contributed by atoms with E-state index in [1.807, 2.05) is 0 Å². The van der Waals surface area contributed by atoms with E-state index >= 15 is 0 Å². The molecule has 20 heavy (non-hydrogen) atoms. The molecule has 1 amide bonds. The summed E-state index contributed by atoms with van der Waals surface area (Å²) in [5, 5.41) is 11.8. The summed E-state index contributed by atoms with van der Waals surface area (Å²) in [4.78, 5) is 28.2. The SMILES string of the molecule is CC(=O)NCC1CCN(c2cc(C(=O)O)ccn2)CC1. The first-order valence-electron chi connectivity index (χ1n) is 6.75. The first-order chi connectivity index (χ1) is 9.56. The molecule has 1 fully saturated rings. The molecule has 2 heterocycles. The van der Waals surface area contributed by atoms with Crippen molar-refractivity contribution >= 4 is 17.7 Å².